The van der Waals surface area contributed by atoms with Gasteiger partial charge in [-0.25, -0.2) is 18.0 Å². The number of rotatable bonds is 4. The summed E-state index contributed by atoms with van der Waals surface area (Å²) in [6.07, 6.45) is -2.23. The molecule has 0 heterocycles. The largest absolute Gasteiger partial charge is 0.464 e. The summed E-state index contributed by atoms with van der Waals surface area (Å²) in [5.41, 5.74) is 5.10. The van der Waals surface area contributed by atoms with Gasteiger partial charge in [0.25, 0.3) is 0 Å². The van der Waals surface area contributed by atoms with Gasteiger partial charge < -0.3 is 10.5 Å². The van der Waals surface area contributed by atoms with Gasteiger partial charge in [0, 0.05) is 5.56 Å². The van der Waals surface area contributed by atoms with Gasteiger partial charge in [-0.05, 0) is 19.4 Å². The van der Waals surface area contributed by atoms with Crippen molar-refractivity contribution in [3.63, 3.8) is 0 Å². The molecule has 18 heavy (non-hydrogen) atoms. The number of hydrogen-bond acceptors (Lipinski definition) is 3. The molecule has 100 valence electrons. The minimum absolute atomic E-state index is 0.0171. The van der Waals surface area contributed by atoms with E-state index in [-0.39, 0.29) is 12.2 Å². The summed E-state index contributed by atoms with van der Waals surface area (Å²) in [7, 11) is 0. The number of nitrogens with two attached hydrogens (primary N) is 1. The number of ether oxygens (including phenoxy) is 1. The lowest BCUT2D eigenvalue weighted by Crippen LogP contribution is -2.32. The van der Waals surface area contributed by atoms with E-state index < -0.39 is 35.4 Å². The Morgan fingerprint density at radius 2 is 2.00 bits per heavy atom. The van der Waals surface area contributed by atoms with Crippen molar-refractivity contribution in [2.45, 2.75) is 26.1 Å². The third-order valence-corrected chi connectivity index (χ3v) is 2.49. The van der Waals surface area contributed by atoms with Gasteiger partial charge in [0.05, 0.1) is 12.6 Å². The number of carbonyl (C=O) groups is 1. The van der Waals surface area contributed by atoms with Crippen molar-refractivity contribution < 1.29 is 22.7 Å². The molecule has 0 bridgehead atoms. The van der Waals surface area contributed by atoms with Crippen LogP contribution >= 0.6 is 0 Å². The molecule has 1 unspecified atom stereocenters. The minimum Gasteiger partial charge on any atom is -0.464 e. The van der Waals surface area contributed by atoms with E-state index in [1.807, 2.05) is 0 Å². The number of aryl methyl sites for hydroxylation is 1. The molecule has 2 N–H and O–H groups in total. The first-order valence-electron chi connectivity index (χ1n) is 5.40. The first-order valence-corrected chi connectivity index (χ1v) is 5.40. The van der Waals surface area contributed by atoms with E-state index >= 15 is 0 Å². The van der Waals surface area contributed by atoms with Crippen LogP contribution in [0.25, 0.3) is 0 Å². The predicted octanol–water partition coefficient (Wildman–Crippen LogP) is 2.17. The van der Waals surface area contributed by atoms with E-state index in [0.717, 1.165) is 6.07 Å². The highest BCUT2D eigenvalue weighted by atomic mass is 19.2. The molecule has 0 saturated carbocycles. The van der Waals surface area contributed by atoms with E-state index in [9.17, 15) is 18.0 Å². The maximum Gasteiger partial charge on any atom is 0.342 e. The number of esters is 1. The summed E-state index contributed by atoms with van der Waals surface area (Å²) in [5, 5.41) is 0. The maximum atomic E-state index is 13.6. The van der Waals surface area contributed by atoms with Crippen LogP contribution in [-0.4, -0.2) is 18.7 Å². The molecular weight excluding hydrogens is 247 g/mol. The topological polar surface area (TPSA) is 52.3 Å². The number of carbonyl (C=O) groups excluding carboxylic acids is 1. The highest BCUT2D eigenvalue weighted by molar-refractivity contribution is 5.75. The van der Waals surface area contributed by atoms with Crippen LogP contribution in [0.1, 0.15) is 24.1 Å². The molecule has 0 aliphatic rings. The molecule has 1 rings (SSSR count). The van der Waals surface area contributed by atoms with E-state index in [1.54, 1.807) is 0 Å². The van der Waals surface area contributed by atoms with Gasteiger partial charge in [0.1, 0.15) is 0 Å². The summed E-state index contributed by atoms with van der Waals surface area (Å²) < 4.78 is 44.9. The van der Waals surface area contributed by atoms with Crippen LogP contribution in [-0.2, 0) is 9.53 Å². The quantitative estimate of drug-likeness (QED) is 0.845. The van der Waals surface area contributed by atoms with Crippen LogP contribution in [0.4, 0.5) is 13.2 Å². The van der Waals surface area contributed by atoms with Crippen molar-refractivity contribution in [2.24, 2.45) is 5.73 Å². The van der Waals surface area contributed by atoms with Crippen LogP contribution in [0.3, 0.4) is 0 Å². The zero-order valence-corrected chi connectivity index (χ0v) is 10.0. The first kappa shape index (κ1) is 14.5. The number of benzene rings is 1. The van der Waals surface area contributed by atoms with Gasteiger partial charge in [-0.3, -0.25) is 0 Å². The summed E-state index contributed by atoms with van der Waals surface area (Å²) in [5.74, 6) is -3.53. The third kappa shape index (κ3) is 2.81. The highest BCUT2D eigenvalue weighted by Gasteiger charge is 2.30. The van der Waals surface area contributed by atoms with Gasteiger partial charge in [-0.2, -0.15) is 0 Å². The fourth-order valence-corrected chi connectivity index (χ4v) is 1.44. The molecule has 0 spiro atoms. The van der Waals surface area contributed by atoms with E-state index in [4.69, 9.17) is 5.73 Å². The lowest BCUT2D eigenvalue weighted by molar-refractivity contribution is -0.149. The Morgan fingerprint density at radius 1 is 1.39 bits per heavy atom. The fourth-order valence-electron chi connectivity index (χ4n) is 1.44. The standard InChI is InChI=1S/C12H14F3NO2/c1-3-18-12(17)10(15)11(16)7-5-4-6(2)8(13)9(7)14/h4-5,10-11H,3,16H2,1-2H3/t10?,11-/m0/s1. The van der Waals surface area contributed by atoms with Crippen molar-refractivity contribution in [3.05, 3.63) is 34.9 Å². The van der Waals surface area contributed by atoms with Gasteiger partial charge in [-0.15, -0.1) is 0 Å². The maximum absolute atomic E-state index is 13.6. The molecule has 1 aromatic rings. The monoisotopic (exact) mass is 261 g/mol. The Bertz CT molecular complexity index is 451. The van der Waals surface area contributed by atoms with Crippen LogP contribution < -0.4 is 5.73 Å². The Balaban J connectivity index is 3.00. The molecule has 6 heteroatoms. The predicted molar refractivity (Wildman–Crippen MR) is 59.6 cm³/mol. The smallest absolute Gasteiger partial charge is 0.342 e. The van der Waals surface area contributed by atoms with Gasteiger partial charge in [-0.1, -0.05) is 12.1 Å². The normalized spacial score (nSPS) is 14.1. The van der Waals surface area contributed by atoms with Crippen molar-refractivity contribution in [2.75, 3.05) is 6.61 Å². The summed E-state index contributed by atoms with van der Waals surface area (Å²) in [4.78, 5) is 11.1. The van der Waals surface area contributed by atoms with Crippen LogP contribution in [0.15, 0.2) is 12.1 Å². The van der Waals surface area contributed by atoms with Crippen LogP contribution in [0.5, 0.6) is 0 Å². The van der Waals surface area contributed by atoms with Crippen molar-refractivity contribution in [1.82, 2.24) is 0 Å². The molecule has 0 fully saturated rings. The lowest BCUT2D eigenvalue weighted by Gasteiger charge is -2.17. The van der Waals surface area contributed by atoms with Crippen molar-refractivity contribution in [3.8, 4) is 0 Å². The molecule has 1 aromatic carbocycles. The molecule has 0 amide bonds. The Kier molecular flexibility index (Phi) is 4.72. The average molecular weight is 261 g/mol. The average Bonchev–Trinajstić information content (AvgIpc) is 2.35. The third-order valence-electron chi connectivity index (χ3n) is 2.49. The van der Waals surface area contributed by atoms with E-state index in [2.05, 4.69) is 4.74 Å². The zero-order chi connectivity index (χ0) is 13.9. The molecule has 3 nitrogen and oxygen atoms in total. The van der Waals surface area contributed by atoms with Crippen LogP contribution in [0, 0.1) is 18.6 Å². The molecular formula is C12H14F3NO2. The van der Waals surface area contributed by atoms with Gasteiger partial charge in [0.2, 0.25) is 6.17 Å². The molecule has 0 aliphatic carbocycles. The van der Waals surface area contributed by atoms with Gasteiger partial charge >= 0.3 is 5.97 Å². The van der Waals surface area contributed by atoms with E-state index in [0.29, 0.717) is 0 Å². The molecule has 0 aliphatic heterocycles. The molecule has 0 saturated heterocycles. The number of halogens is 3. The summed E-state index contributed by atoms with van der Waals surface area (Å²) in [6, 6.07) is 0.828. The second-order valence-corrected chi connectivity index (χ2v) is 3.78. The van der Waals surface area contributed by atoms with Crippen molar-refractivity contribution >= 4 is 5.97 Å². The molecule has 0 aromatic heterocycles. The lowest BCUT2D eigenvalue weighted by atomic mass is 10.0. The Hall–Kier alpha value is -1.56. The van der Waals surface area contributed by atoms with E-state index in [1.165, 1.54) is 19.9 Å². The zero-order valence-electron chi connectivity index (χ0n) is 10.0. The van der Waals surface area contributed by atoms with Crippen LogP contribution in [0.2, 0.25) is 0 Å². The number of alkyl halides is 1. The SMILES string of the molecule is CCOC(=O)C(F)[C@@H](N)c1ccc(C)c(F)c1F. The second kappa shape index (κ2) is 5.86. The fraction of sp³-hybridized carbons (Fsp3) is 0.417. The minimum atomic E-state index is -2.23. The summed E-state index contributed by atoms with van der Waals surface area (Å²) in [6.45, 7) is 2.85. The summed E-state index contributed by atoms with van der Waals surface area (Å²) >= 11 is 0. The molecule has 2 atom stereocenters. The Morgan fingerprint density at radius 3 is 2.56 bits per heavy atom. The highest BCUT2D eigenvalue weighted by Crippen LogP contribution is 2.24. The first-order chi connectivity index (χ1) is 8.40. The molecule has 0 radical (unpaired) electrons. The van der Waals surface area contributed by atoms with Crippen molar-refractivity contribution in [1.29, 1.82) is 0 Å². The van der Waals surface area contributed by atoms with Gasteiger partial charge in [0.15, 0.2) is 11.6 Å². The number of hydrogen-bond donors (Lipinski definition) is 1. The second-order valence-electron chi connectivity index (χ2n) is 3.78. The Labute approximate surface area is 103 Å².